The highest BCUT2D eigenvalue weighted by Gasteiger charge is 2.20. The summed E-state index contributed by atoms with van der Waals surface area (Å²) >= 11 is 0. The molecule has 1 aromatic carbocycles. The minimum atomic E-state index is 0.838. The van der Waals surface area contributed by atoms with Gasteiger partial charge in [-0.15, -0.1) is 0 Å². The van der Waals surface area contributed by atoms with E-state index in [9.17, 15) is 0 Å². The van der Waals surface area contributed by atoms with Crippen molar-refractivity contribution in [3.63, 3.8) is 0 Å². The maximum atomic E-state index is 5.64. The molecule has 1 aliphatic carbocycles. The van der Waals surface area contributed by atoms with E-state index in [0.29, 0.717) is 0 Å². The van der Waals surface area contributed by atoms with Gasteiger partial charge < -0.3 is 20.3 Å². The Kier molecular flexibility index (Phi) is 9.37. The molecular weight excluding hydrogens is 312 g/mol. The molecule has 1 aliphatic rings. The van der Waals surface area contributed by atoms with Crippen LogP contribution in [-0.4, -0.2) is 57.8 Å². The van der Waals surface area contributed by atoms with E-state index in [0.717, 1.165) is 64.1 Å². The largest absolute Gasteiger partial charge is 0.381 e. The summed E-state index contributed by atoms with van der Waals surface area (Å²) in [6.07, 6.45) is 4.83. The van der Waals surface area contributed by atoms with Gasteiger partial charge in [-0.1, -0.05) is 30.3 Å². The Labute approximate surface area is 152 Å². The molecule has 0 bridgehead atoms. The monoisotopic (exact) mass is 346 g/mol. The van der Waals surface area contributed by atoms with Gasteiger partial charge in [-0.3, -0.25) is 4.99 Å². The van der Waals surface area contributed by atoms with Crippen LogP contribution in [0.3, 0.4) is 0 Å². The highest BCUT2D eigenvalue weighted by molar-refractivity contribution is 5.79. The molecule has 0 aromatic heterocycles. The van der Waals surface area contributed by atoms with Crippen LogP contribution in [0.5, 0.6) is 0 Å². The van der Waals surface area contributed by atoms with Gasteiger partial charge in [0, 0.05) is 39.9 Å². The van der Waals surface area contributed by atoms with Crippen LogP contribution < -0.4 is 10.6 Å². The fourth-order valence-corrected chi connectivity index (χ4v) is 2.67. The van der Waals surface area contributed by atoms with Crippen LogP contribution in [0.25, 0.3) is 0 Å². The van der Waals surface area contributed by atoms with Gasteiger partial charge in [-0.05, 0) is 50.8 Å². The first-order chi connectivity index (χ1) is 12.3. The molecule has 0 heterocycles. The van der Waals surface area contributed by atoms with Crippen molar-refractivity contribution in [3.8, 4) is 0 Å². The number of guanidine groups is 1. The summed E-state index contributed by atoms with van der Waals surface area (Å²) < 4.78 is 5.64. The molecule has 0 spiro atoms. The Balaban J connectivity index is 1.45. The molecule has 0 amide bonds. The van der Waals surface area contributed by atoms with Crippen LogP contribution >= 0.6 is 0 Å². The maximum absolute atomic E-state index is 5.64. The number of nitrogens with zero attached hydrogens (tertiary/aromatic N) is 2. The summed E-state index contributed by atoms with van der Waals surface area (Å²) in [5.74, 6) is 1.73. The Morgan fingerprint density at radius 2 is 1.88 bits per heavy atom. The van der Waals surface area contributed by atoms with Gasteiger partial charge in [-0.2, -0.15) is 0 Å². The highest BCUT2D eigenvalue weighted by atomic mass is 16.5. The molecule has 0 saturated heterocycles. The molecule has 1 aromatic rings. The Bertz CT molecular complexity index is 488. The van der Waals surface area contributed by atoms with E-state index in [1.165, 1.54) is 18.4 Å². The first-order valence-corrected chi connectivity index (χ1v) is 9.52. The zero-order valence-corrected chi connectivity index (χ0v) is 15.8. The SMILES string of the molecule is CN=C(NCCCOCC1CC1)NCCCN(C)Cc1ccccc1. The minimum absolute atomic E-state index is 0.838. The second-order valence-electron chi connectivity index (χ2n) is 6.87. The predicted octanol–water partition coefficient (Wildman–Crippen LogP) is 2.49. The van der Waals surface area contributed by atoms with Crippen LogP contribution in [-0.2, 0) is 11.3 Å². The first-order valence-electron chi connectivity index (χ1n) is 9.52. The van der Waals surface area contributed by atoms with Gasteiger partial charge in [0.2, 0.25) is 0 Å². The number of nitrogens with one attached hydrogen (secondary N) is 2. The van der Waals surface area contributed by atoms with Crippen molar-refractivity contribution in [3.05, 3.63) is 35.9 Å². The van der Waals surface area contributed by atoms with Crippen LogP contribution in [0.1, 0.15) is 31.2 Å². The Morgan fingerprint density at radius 3 is 2.56 bits per heavy atom. The van der Waals surface area contributed by atoms with E-state index < -0.39 is 0 Å². The normalized spacial score (nSPS) is 14.8. The smallest absolute Gasteiger partial charge is 0.190 e. The number of hydrogen-bond acceptors (Lipinski definition) is 3. The molecule has 0 atom stereocenters. The number of ether oxygens (including phenoxy) is 1. The predicted molar refractivity (Wildman–Crippen MR) is 105 cm³/mol. The minimum Gasteiger partial charge on any atom is -0.381 e. The molecule has 5 heteroatoms. The lowest BCUT2D eigenvalue weighted by molar-refractivity contribution is 0.123. The Hall–Kier alpha value is -1.59. The quantitative estimate of drug-likeness (QED) is 0.347. The fraction of sp³-hybridized carbons (Fsp3) is 0.650. The van der Waals surface area contributed by atoms with Crippen molar-refractivity contribution in [1.82, 2.24) is 15.5 Å². The summed E-state index contributed by atoms with van der Waals surface area (Å²) in [5.41, 5.74) is 1.36. The third-order valence-electron chi connectivity index (χ3n) is 4.34. The third kappa shape index (κ3) is 9.46. The summed E-state index contributed by atoms with van der Waals surface area (Å²) in [5, 5.41) is 6.73. The highest BCUT2D eigenvalue weighted by Crippen LogP contribution is 2.28. The standard InChI is InChI=1S/C20H34N4O/c1-21-20(23-13-7-15-25-17-19-10-11-19)22-12-6-14-24(2)16-18-8-4-3-5-9-18/h3-5,8-9,19H,6-7,10-17H2,1-2H3,(H2,21,22,23). The summed E-state index contributed by atoms with van der Waals surface area (Å²) in [7, 11) is 3.99. The third-order valence-corrected chi connectivity index (χ3v) is 4.34. The van der Waals surface area contributed by atoms with Crippen molar-refractivity contribution >= 4 is 5.96 Å². The lowest BCUT2D eigenvalue weighted by Crippen LogP contribution is -2.39. The Morgan fingerprint density at radius 1 is 1.16 bits per heavy atom. The molecule has 1 saturated carbocycles. The molecule has 25 heavy (non-hydrogen) atoms. The molecule has 5 nitrogen and oxygen atoms in total. The lowest BCUT2D eigenvalue weighted by Gasteiger charge is -2.17. The average molecular weight is 347 g/mol. The van der Waals surface area contributed by atoms with E-state index in [4.69, 9.17) is 4.74 Å². The molecule has 2 rings (SSSR count). The van der Waals surface area contributed by atoms with Crippen molar-refractivity contribution in [1.29, 1.82) is 0 Å². The summed E-state index contributed by atoms with van der Waals surface area (Å²) in [6, 6.07) is 10.6. The summed E-state index contributed by atoms with van der Waals surface area (Å²) in [6.45, 7) is 5.67. The lowest BCUT2D eigenvalue weighted by atomic mass is 10.2. The van der Waals surface area contributed by atoms with E-state index in [1.807, 2.05) is 7.05 Å². The van der Waals surface area contributed by atoms with Gasteiger partial charge in [0.25, 0.3) is 0 Å². The molecule has 0 aliphatic heterocycles. The van der Waals surface area contributed by atoms with Crippen LogP contribution in [0.4, 0.5) is 0 Å². The van der Waals surface area contributed by atoms with Gasteiger partial charge >= 0.3 is 0 Å². The van der Waals surface area contributed by atoms with Crippen LogP contribution in [0.2, 0.25) is 0 Å². The van der Waals surface area contributed by atoms with Gasteiger partial charge in [0.05, 0.1) is 0 Å². The second kappa shape index (κ2) is 11.9. The summed E-state index contributed by atoms with van der Waals surface area (Å²) in [4.78, 5) is 6.62. The van der Waals surface area contributed by atoms with E-state index in [1.54, 1.807) is 0 Å². The van der Waals surface area contributed by atoms with Gasteiger partial charge in [0.15, 0.2) is 5.96 Å². The van der Waals surface area contributed by atoms with E-state index in [-0.39, 0.29) is 0 Å². The molecule has 1 fully saturated rings. The van der Waals surface area contributed by atoms with E-state index in [2.05, 4.69) is 57.9 Å². The van der Waals surface area contributed by atoms with Crippen LogP contribution in [0, 0.1) is 5.92 Å². The number of hydrogen-bond donors (Lipinski definition) is 2. The average Bonchev–Trinajstić information content (AvgIpc) is 3.45. The molecule has 0 unspecified atom stereocenters. The molecule has 140 valence electrons. The zero-order valence-electron chi connectivity index (χ0n) is 15.8. The molecule has 2 N–H and O–H groups in total. The van der Waals surface area contributed by atoms with Gasteiger partial charge in [0.1, 0.15) is 0 Å². The van der Waals surface area contributed by atoms with Crippen molar-refractivity contribution in [2.24, 2.45) is 10.9 Å². The maximum Gasteiger partial charge on any atom is 0.190 e. The zero-order chi connectivity index (χ0) is 17.7. The van der Waals surface area contributed by atoms with E-state index >= 15 is 0 Å². The first kappa shape index (κ1) is 19.7. The van der Waals surface area contributed by atoms with Crippen molar-refractivity contribution in [2.45, 2.75) is 32.2 Å². The molecular formula is C20H34N4O. The number of benzene rings is 1. The molecule has 0 radical (unpaired) electrons. The van der Waals surface area contributed by atoms with Gasteiger partial charge in [-0.25, -0.2) is 0 Å². The topological polar surface area (TPSA) is 48.9 Å². The second-order valence-corrected chi connectivity index (χ2v) is 6.87. The number of aliphatic imine (C=N–C) groups is 1. The number of rotatable bonds is 12. The van der Waals surface area contributed by atoms with Crippen LogP contribution in [0.15, 0.2) is 35.3 Å². The van der Waals surface area contributed by atoms with Crippen molar-refractivity contribution < 1.29 is 4.74 Å². The van der Waals surface area contributed by atoms with Crippen molar-refractivity contribution in [2.75, 3.05) is 46.9 Å². The fourth-order valence-electron chi connectivity index (χ4n) is 2.67.